The Hall–Kier alpha value is -4.46. The summed E-state index contributed by atoms with van der Waals surface area (Å²) in [5, 5.41) is 9.91. The van der Waals surface area contributed by atoms with Crippen molar-refractivity contribution in [3.63, 3.8) is 0 Å². The summed E-state index contributed by atoms with van der Waals surface area (Å²) >= 11 is 0. The number of aryl methyl sites for hydroxylation is 1. The molecule has 0 aliphatic rings. The standard InChI is InChI=1S/C22H22F3NO4.C11H14/c1-13-17(11-14-6-5-7-15(10-14)29-21(2,3)20(27)28)18-12-16(30-22(23,24)25)8-9-19(18)26(13)4;1-5-9-11(8-4)10(6-2)7-3/h5-10,12H,11H2,1-4H3,(H,27,28);5-9H,2-4H2,1H3/b;9-5+. The number of rotatable bonds is 10. The molecule has 0 aliphatic carbocycles. The van der Waals surface area contributed by atoms with Crippen LogP contribution in [0.3, 0.4) is 0 Å². The van der Waals surface area contributed by atoms with Crippen LogP contribution in [-0.4, -0.2) is 27.6 Å². The average molecular weight is 568 g/mol. The Balaban J connectivity index is 0.000000454. The number of carboxylic acids is 1. The van der Waals surface area contributed by atoms with Gasteiger partial charge in [-0.3, -0.25) is 0 Å². The minimum Gasteiger partial charge on any atom is -0.478 e. The van der Waals surface area contributed by atoms with Gasteiger partial charge in [-0.15, -0.1) is 13.2 Å². The molecular formula is C33H36F3NO4. The van der Waals surface area contributed by atoms with Crippen LogP contribution in [-0.2, 0) is 18.3 Å². The highest BCUT2D eigenvalue weighted by molar-refractivity contribution is 5.87. The summed E-state index contributed by atoms with van der Waals surface area (Å²) in [6.07, 6.45) is 4.94. The summed E-state index contributed by atoms with van der Waals surface area (Å²) in [6, 6.07) is 11.3. The van der Waals surface area contributed by atoms with E-state index >= 15 is 0 Å². The van der Waals surface area contributed by atoms with Gasteiger partial charge in [0.15, 0.2) is 5.60 Å². The Kier molecular flexibility index (Phi) is 11.0. The number of halogens is 3. The van der Waals surface area contributed by atoms with E-state index in [0.29, 0.717) is 17.6 Å². The molecule has 3 aromatic rings. The fraction of sp³-hybridized carbons (Fsp3) is 0.242. The van der Waals surface area contributed by atoms with Crippen molar-refractivity contribution >= 4 is 16.9 Å². The summed E-state index contributed by atoms with van der Waals surface area (Å²) in [5.41, 5.74) is 4.07. The predicted octanol–water partition coefficient (Wildman–Crippen LogP) is 8.64. The first-order chi connectivity index (χ1) is 19.2. The van der Waals surface area contributed by atoms with Crippen LogP contribution in [0.4, 0.5) is 13.2 Å². The number of alkyl halides is 3. The van der Waals surface area contributed by atoms with Crippen molar-refractivity contribution in [2.45, 2.75) is 46.1 Å². The fourth-order valence-electron chi connectivity index (χ4n) is 4.09. The number of carbonyl (C=O) groups is 1. The van der Waals surface area contributed by atoms with Crippen LogP contribution < -0.4 is 9.47 Å². The molecule has 0 radical (unpaired) electrons. The van der Waals surface area contributed by atoms with Gasteiger partial charge in [-0.05, 0) is 86.7 Å². The third-order valence-corrected chi connectivity index (χ3v) is 6.33. The molecule has 0 unspecified atom stereocenters. The van der Waals surface area contributed by atoms with Gasteiger partial charge in [-0.2, -0.15) is 0 Å². The maximum Gasteiger partial charge on any atom is 0.573 e. The monoisotopic (exact) mass is 567 g/mol. The lowest BCUT2D eigenvalue weighted by Crippen LogP contribution is -2.37. The summed E-state index contributed by atoms with van der Waals surface area (Å²) in [4.78, 5) is 11.3. The first kappa shape index (κ1) is 32.8. The molecular weight excluding hydrogens is 531 g/mol. The topological polar surface area (TPSA) is 60.7 Å². The Morgan fingerprint density at radius 3 is 2.12 bits per heavy atom. The van der Waals surface area contributed by atoms with Crippen molar-refractivity contribution in [1.29, 1.82) is 0 Å². The van der Waals surface area contributed by atoms with Crippen molar-refractivity contribution in [2.24, 2.45) is 7.05 Å². The van der Waals surface area contributed by atoms with Crippen molar-refractivity contribution < 1.29 is 32.5 Å². The number of aromatic nitrogens is 1. The summed E-state index contributed by atoms with van der Waals surface area (Å²) in [5.74, 6) is -0.962. The Morgan fingerprint density at radius 2 is 1.59 bits per heavy atom. The van der Waals surface area contributed by atoms with Crippen LogP contribution in [0, 0.1) is 6.92 Å². The SMILES string of the molecule is C=CC(C=C)=C(C=C)/C=C/C.Cc1c(Cc2cccc(OC(C)(C)C(=O)O)c2)c2cc(OC(F)(F)F)ccc2n1C. The van der Waals surface area contributed by atoms with Crippen LogP contribution >= 0.6 is 0 Å². The molecule has 3 rings (SSSR count). The molecule has 2 aromatic carbocycles. The molecule has 41 heavy (non-hydrogen) atoms. The van der Waals surface area contributed by atoms with Gasteiger partial charge in [0.05, 0.1) is 0 Å². The summed E-state index contributed by atoms with van der Waals surface area (Å²) in [7, 11) is 1.85. The average Bonchev–Trinajstić information content (AvgIpc) is 3.12. The molecule has 1 aromatic heterocycles. The first-order valence-electron chi connectivity index (χ1n) is 12.8. The van der Waals surface area contributed by atoms with E-state index in [0.717, 1.165) is 33.5 Å². The smallest absolute Gasteiger partial charge is 0.478 e. The van der Waals surface area contributed by atoms with Crippen molar-refractivity contribution in [3.05, 3.63) is 121 Å². The van der Waals surface area contributed by atoms with Crippen molar-refractivity contribution in [3.8, 4) is 11.5 Å². The molecule has 0 spiro atoms. The molecule has 218 valence electrons. The Bertz CT molecular complexity index is 1480. The number of nitrogens with zero attached hydrogens (tertiary/aromatic N) is 1. The third kappa shape index (κ3) is 8.76. The van der Waals surface area contributed by atoms with Gasteiger partial charge >= 0.3 is 12.3 Å². The number of hydrogen-bond acceptors (Lipinski definition) is 3. The lowest BCUT2D eigenvalue weighted by atomic mass is 10.0. The largest absolute Gasteiger partial charge is 0.573 e. The zero-order chi connectivity index (χ0) is 31.0. The highest BCUT2D eigenvalue weighted by atomic mass is 19.4. The second-order valence-electron chi connectivity index (χ2n) is 9.61. The van der Waals surface area contributed by atoms with Gasteiger partial charge in [-0.1, -0.05) is 62.2 Å². The zero-order valence-electron chi connectivity index (χ0n) is 24.0. The molecule has 1 heterocycles. The molecule has 0 fully saturated rings. The van der Waals surface area contributed by atoms with Gasteiger partial charge in [0.1, 0.15) is 11.5 Å². The normalized spacial score (nSPS) is 11.4. The molecule has 0 amide bonds. The number of benzene rings is 2. The van der Waals surface area contributed by atoms with Crippen molar-refractivity contribution in [2.75, 3.05) is 0 Å². The summed E-state index contributed by atoms with van der Waals surface area (Å²) < 4.78 is 49.5. The quantitative estimate of drug-likeness (QED) is 0.249. The van der Waals surface area contributed by atoms with Crippen LogP contribution in [0.1, 0.15) is 37.6 Å². The third-order valence-electron chi connectivity index (χ3n) is 6.33. The van der Waals surface area contributed by atoms with E-state index in [4.69, 9.17) is 4.74 Å². The number of ether oxygens (including phenoxy) is 2. The first-order valence-corrected chi connectivity index (χ1v) is 12.8. The molecule has 0 bridgehead atoms. The highest BCUT2D eigenvalue weighted by Crippen LogP contribution is 2.33. The van der Waals surface area contributed by atoms with Gasteiger partial charge < -0.3 is 19.1 Å². The van der Waals surface area contributed by atoms with Crippen LogP contribution in [0.25, 0.3) is 10.9 Å². The van der Waals surface area contributed by atoms with Crippen LogP contribution in [0.5, 0.6) is 11.5 Å². The van der Waals surface area contributed by atoms with E-state index in [9.17, 15) is 23.1 Å². The van der Waals surface area contributed by atoms with Gasteiger partial charge in [-0.25, -0.2) is 4.79 Å². The maximum atomic E-state index is 12.6. The predicted molar refractivity (Wildman–Crippen MR) is 158 cm³/mol. The maximum absolute atomic E-state index is 12.6. The van der Waals surface area contributed by atoms with Gasteiger partial charge in [0, 0.05) is 23.6 Å². The molecule has 0 saturated heterocycles. The Labute approximate surface area is 239 Å². The molecule has 0 saturated carbocycles. The number of allylic oxidation sites excluding steroid dienone is 7. The van der Waals surface area contributed by atoms with E-state index in [1.54, 1.807) is 42.5 Å². The van der Waals surface area contributed by atoms with Gasteiger partial charge in [0.2, 0.25) is 0 Å². The highest BCUT2D eigenvalue weighted by Gasteiger charge is 2.31. The second kappa shape index (κ2) is 13.7. The van der Waals surface area contributed by atoms with E-state index in [1.165, 1.54) is 26.0 Å². The lowest BCUT2D eigenvalue weighted by molar-refractivity contribution is -0.274. The minimum atomic E-state index is -4.76. The van der Waals surface area contributed by atoms with Gasteiger partial charge in [0.25, 0.3) is 0 Å². The number of carboxylic acid groups (broad SMARTS) is 1. The van der Waals surface area contributed by atoms with E-state index in [-0.39, 0.29) is 5.75 Å². The molecule has 5 nitrogen and oxygen atoms in total. The zero-order valence-corrected chi connectivity index (χ0v) is 24.0. The van der Waals surface area contributed by atoms with E-state index in [2.05, 4.69) is 24.5 Å². The minimum absolute atomic E-state index is 0.276. The fourth-order valence-corrected chi connectivity index (χ4v) is 4.09. The van der Waals surface area contributed by atoms with Crippen LogP contribution in [0.2, 0.25) is 0 Å². The molecule has 1 N–H and O–H groups in total. The number of fused-ring (bicyclic) bond motifs is 1. The molecule has 0 aliphatic heterocycles. The number of aliphatic carboxylic acids is 1. The molecule has 0 atom stereocenters. The van der Waals surface area contributed by atoms with E-state index < -0.39 is 17.9 Å². The number of hydrogen-bond donors (Lipinski definition) is 1. The Morgan fingerprint density at radius 1 is 0.976 bits per heavy atom. The molecule has 8 heteroatoms. The van der Waals surface area contributed by atoms with Crippen LogP contribution in [0.15, 0.2) is 104 Å². The second-order valence-corrected chi connectivity index (χ2v) is 9.61. The summed E-state index contributed by atoms with van der Waals surface area (Å²) in [6.45, 7) is 17.8. The lowest BCUT2D eigenvalue weighted by Gasteiger charge is -2.21. The van der Waals surface area contributed by atoms with E-state index in [1.807, 2.05) is 43.7 Å². The van der Waals surface area contributed by atoms with Crippen molar-refractivity contribution in [1.82, 2.24) is 4.57 Å².